The number of guanidine groups is 1. The molecule has 0 saturated heterocycles. The van der Waals surface area contributed by atoms with Crippen LogP contribution >= 0.6 is 0 Å². The third-order valence-corrected chi connectivity index (χ3v) is 4.59. The Labute approximate surface area is 177 Å². The van der Waals surface area contributed by atoms with E-state index in [1.807, 2.05) is 43.6 Å². The van der Waals surface area contributed by atoms with E-state index in [0.29, 0.717) is 24.9 Å². The van der Waals surface area contributed by atoms with Gasteiger partial charge in [0, 0.05) is 50.7 Å². The van der Waals surface area contributed by atoms with Crippen molar-refractivity contribution in [2.45, 2.75) is 19.9 Å². The van der Waals surface area contributed by atoms with Gasteiger partial charge in [-0.2, -0.15) is 0 Å². The Morgan fingerprint density at radius 2 is 1.97 bits per heavy atom. The van der Waals surface area contributed by atoms with E-state index in [-0.39, 0.29) is 0 Å². The molecule has 0 unspecified atom stereocenters. The number of aliphatic imine (C=N–C) groups is 1. The molecule has 7 nitrogen and oxygen atoms in total. The van der Waals surface area contributed by atoms with Gasteiger partial charge in [-0.15, -0.1) is 0 Å². The summed E-state index contributed by atoms with van der Waals surface area (Å²) in [5, 5.41) is 6.62. The Morgan fingerprint density at radius 3 is 2.70 bits per heavy atom. The number of nitrogens with one attached hydrogen (secondary N) is 2. The average molecular weight is 408 g/mol. The quantitative estimate of drug-likeness (QED) is 0.419. The summed E-state index contributed by atoms with van der Waals surface area (Å²) in [7, 11) is 3.38. The molecule has 0 spiro atoms. The van der Waals surface area contributed by atoms with Gasteiger partial charge in [0.15, 0.2) is 17.5 Å². The Balaban J connectivity index is 1.55. The first kappa shape index (κ1) is 21.2. The van der Waals surface area contributed by atoms with E-state index in [9.17, 15) is 0 Å². The van der Waals surface area contributed by atoms with E-state index in [2.05, 4.69) is 49.4 Å². The predicted molar refractivity (Wildman–Crippen MR) is 121 cm³/mol. The SMILES string of the molecule is CCOc1ccc(NC(=NC)NCCc2nccn2Cc2ccccc2)cc1OC. The van der Waals surface area contributed by atoms with E-state index >= 15 is 0 Å². The highest BCUT2D eigenvalue weighted by Crippen LogP contribution is 2.30. The second-order valence-electron chi connectivity index (χ2n) is 6.63. The zero-order valence-corrected chi connectivity index (χ0v) is 17.8. The Morgan fingerprint density at radius 1 is 1.13 bits per heavy atom. The first-order valence-electron chi connectivity index (χ1n) is 10.1. The maximum atomic E-state index is 5.57. The molecular formula is C23H29N5O2. The Bertz CT molecular complexity index is 953. The van der Waals surface area contributed by atoms with Crippen LogP contribution in [0.2, 0.25) is 0 Å². The van der Waals surface area contributed by atoms with Gasteiger partial charge in [0.05, 0.1) is 13.7 Å². The predicted octanol–water partition coefficient (Wildman–Crippen LogP) is 3.57. The van der Waals surface area contributed by atoms with Gasteiger partial charge >= 0.3 is 0 Å². The maximum absolute atomic E-state index is 5.57. The van der Waals surface area contributed by atoms with Crippen LogP contribution in [0.1, 0.15) is 18.3 Å². The molecule has 0 saturated carbocycles. The van der Waals surface area contributed by atoms with Crippen LogP contribution in [-0.4, -0.2) is 42.8 Å². The van der Waals surface area contributed by atoms with Crippen LogP contribution < -0.4 is 20.1 Å². The van der Waals surface area contributed by atoms with Crippen LogP contribution in [0.4, 0.5) is 5.69 Å². The third-order valence-electron chi connectivity index (χ3n) is 4.59. The molecule has 2 N–H and O–H groups in total. The number of hydrogen-bond donors (Lipinski definition) is 2. The van der Waals surface area contributed by atoms with Crippen molar-refractivity contribution in [3.63, 3.8) is 0 Å². The smallest absolute Gasteiger partial charge is 0.195 e. The molecule has 1 aromatic heterocycles. The highest BCUT2D eigenvalue weighted by Gasteiger charge is 2.08. The van der Waals surface area contributed by atoms with Gasteiger partial charge in [-0.25, -0.2) is 4.98 Å². The normalized spacial score (nSPS) is 11.2. The fraction of sp³-hybridized carbons (Fsp3) is 0.304. The minimum absolute atomic E-state index is 0.590. The molecule has 0 radical (unpaired) electrons. The fourth-order valence-electron chi connectivity index (χ4n) is 3.12. The van der Waals surface area contributed by atoms with Crippen molar-refractivity contribution in [2.24, 2.45) is 4.99 Å². The monoisotopic (exact) mass is 407 g/mol. The van der Waals surface area contributed by atoms with Gasteiger partial charge in [-0.1, -0.05) is 30.3 Å². The molecule has 0 atom stereocenters. The molecule has 1 heterocycles. The Hall–Kier alpha value is -3.48. The van der Waals surface area contributed by atoms with E-state index in [4.69, 9.17) is 9.47 Å². The number of hydrogen-bond acceptors (Lipinski definition) is 4. The first-order chi connectivity index (χ1) is 14.7. The third kappa shape index (κ3) is 5.76. The summed E-state index contributed by atoms with van der Waals surface area (Å²) in [5.41, 5.74) is 2.13. The van der Waals surface area contributed by atoms with Crippen LogP contribution in [0.15, 0.2) is 65.9 Å². The number of ether oxygens (including phenoxy) is 2. The minimum Gasteiger partial charge on any atom is -0.493 e. The van der Waals surface area contributed by atoms with Crippen LogP contribution in [0, 0.1) is 0 Å². The number of anilines is 1. The lowest BCUT2D eigenvalue weighted by Crippen LogP contribution is -2.32. The number of rotatable bonds is 9. The fourth-order valence-corrected chi connectivity index (χ4v) is 3.12. The zero-order chi connectivity index (χ0) is 21.2. The molecule has 158 valence electrons. The van der Waals surface area contributed by atoms with Crippen molar-refractivity contribution < 1.29 is 9.47 Å². The molecular weight excluding hydrogens is 378 g/mol. The lowest BCUT2D eigenvalue weighted by molar-refractivity contribution is 0.311. The van der Waals surface area contributed by atoms with Crippen molar-refractivity contribution in [1.82, 2.24) is 14.9 Å². The second-order valence-corrected chi connectivity index (χ2v) is 6.63. The van der Waals surface area contributed by atoms with Gasteiger partial charge < -0.3 is 24.7 Å². The van der Waals surface area contributed by atoms with Crippen LogP contribution in [-0.2, 0) is 13.0 Å². The number of imidazole rings is 1. The largest absolute Gasteiger partial charge is 0.493 e. The summed E-state index contributed by atoms with van der Waals surface area (Å²) < 4.78 is 13.1. The lowest BCUT2D eigenvalue weighted by atomic mass is 10.2. The summed E-state index contributed by atoms with van der Waals surface area (Å²) in [6.07, 6.45) is 4.65. The van der Waals surface area contributed by atoms with Crippen molar-refractivity contribution in [3.05, 3.63) is 72.3 Å². The molecule has 2 aromatic carbocycles. The Kier molecular flexibility index (Phi) is 7.71. The average Bonchev–Trinajstić information content (AvgIpc) is 3.21. The van der Waals surface area contributed by atoms with Crippen molar-refractivity contribution >= 4 is 11.6 Å². The van der Waals surface area contributed by atoms with Gasteiger partial charge in [0.2, 0.25) is 0 Å². The highest BCUT2D eigenvalue weighted by atomic mass is 16.5. The van der Waals surface area contributed by atoms with Crippen LogP contribution in [0.3, 0.4) is 0 Å². The summed E-state index contributed by atoms with van der Waals surface area (Å²) in [6.45, 7) is 4.06. The number of nitrogens with zero attached hydrogens (tertiary/aromatic N) is 3. The van der Waals surface area contributed by atoms with Gasteiger partial charge in [-0.3, -0.25) is 4.99 Å². The molecule has 0 aliphatic rings. The molecule has 0 fully saturated rings. The molecule has 0 bridgehead atoms. The summed E-state index contributed by atoms with van der Waals surface area (Å²) in [6, 6.07) is 16.1. The molecule has 7 heteroatoms. The van der Waals surface area contributed by atoms with Crippen molar-refractivity contribution in [3.8, 4) is 11.5 Å². The molecule has 0 aliphatic carbocycles. The van der Waals surface area contributed by atoms with Crippen molar-refractivity contribution in [2.75, 3.05) is 32.6 Å². The van der Waals surface area contributed by atoms with Crippen LogP contribution in [0.5, 0.6) is 11.5 Å². The maximum Gasteiger partial charge on any atom is 0.195 e. The molecule has 30 heavy (non-hydrogen) atoms. The molecule has 0 aliphatic heterocycles. The number of methoxy groups -OCH3 is 1. The molecule has 3 aromatic rings. The van der Waals surface area contributed by atoms with Gasteiger partial charge in [-0.05, 0) is 24.6 Å². The minimum atomic E-state index is 0.590. The molecule has 0 amide bonds. The second kappa shape index (κ2) is 10.9. The topological polar surface area (TPSA) is 72.7 Å². The zero-order valence-electron chi connectivity index (χ0n) is 17.8. The van der Waals surface area contributed by atoms with Gasteiger partial charge in [0.1, 0.15) is 5.82 Å². The lowest BCUT2D eigenvalue weighted by Gasteiger charge is -2.15. The van der Waals surface area contributed by atoms with E-state index in [1.165, 1.54) is 5.56 Å². The van der Waals surface area contributed by atoms with Crippen LogP contribution in [0.25, 0.3) is 0 Å². The van der Waals surface area contributed by atoms with Gasteiger partial charge in [0.25, 0.3) is 0 Å². The molecule has 3 rings (SSSR count). The highest BCUT2D eigenvalue weighted by molar-refractivity contribution is 5.93. The first-order valence-corrected chi connectivity index (χ1v) is 10.1. The van der Waals surface area contributed by atoms with E-state index in [0.717, 1.165) is 30.2 Å². The summed E-state index contributed by atoms with van der Waals surface area (Å²) >= 11 is 0. The summed E-state index contributed by atoms with van der Waals surface area (Å²) in [5.74, 6) is 3.12. The van der Waals surface area contributed by atoms with Crippen molar-refractivity contribution in [1.29, 1.82) is 0 Å². The standard InChI is InChI=1S/C23H29N5O2/c1-4-30-20-11-10-19(16-21(20)29-3)27-23(24-2)26-13-12-22-25-14-15-28(22)17-18-8-6-5-7-9-18/h5-11,14-16H,4,12-13,17H2,1-3H3,(H2,24,26,27). The number of benzene rings is 2. The van der Waals surface area contributed by atoms with E-state index in [1.54, 1.807) is 14.2 Å². The van der Waals surface area contributed by atoms with E-state index < -0.39 is 0 Å². The number of aromatic nitrogens is 2. The summed E-state index contributed by atoms with van der Waals surface area (Å²) in [4.78, 5) is 8.80.